The SMILES string of the molecule is O=C1CCC(=O)N1N1C[C@H](c2ccccc2)N(SI)C[C@@H]1CS(=O)(=O)c1ccccc1. The summed E-state index contributed by atoms with van der Waals surface area (Å²) in [6.07, 6.45) is 0.322. The van der Waals surface area contributed by atoms with Gasteiger partial charge < -0.3 is 0 Å². The van der Waals surface area contributed by atoms with Crippen molar-refractivity contribution in [3.05, 3.63) is 66.2 Å². The summed E-state index contributed by atoms with van der Waals surface area (Å²) in [5.41, 5.74) is 1.06. The number of carbonyl (C=O) groups is 2. The van der Waals surface area contributed by atoms with Gasteiger partial charge in [0.05, 0.1) is 22.7 Å². The van der Waals surface area contributed by atoms with Crippen molar-refractivity contribution in [1.82, 2.24) is 14.3 Å². The Hall–Kier alpha value is -1.47. The van der Waals surface area contributed by atoms with Crippen molar-refractivity contribution in [1.29, 1.82) is 0 Å². The zero-order valence-electron chi connectivity index (χ0n) is 16.6. The van der Waals surface area contributed by atoms with E-state index in [1.807, 2.05) is 30.3 Å². The standard InChI is InChI=1S/C21H22IN3O4S2/c22-30-24-13-17(15-31(28,29)18-9-5-2-6-10-18)23(25-20(26)11-12-21(25)27)14-19(24)16-7-3-1-4-8-16/h1-10,17,19H,11-15H2/t17-,19-/m1/s1. The Bertz CT molecular complexity index is 1040. The molecular weight excluding hydrogens is 549 g/mol. The van der Waals surface area contributed by atoms with Gasteiger partial charge in [-0.15, -0.1) is 0 Å². The van der Waals surface area contributed by atoms with Crippen LogP contribution in [0.5, 0.6) is 0 Å². The first-order valence-electron chi connectivity index (χ1n) is 9.91. The number of piperazine rings is 1. The number of benzene rings is 2. The van der Waals surface area contributed by atoms with Gasteiger partial charge in [-0.2, -0.15) is 0 Å². The second-order valence-electron chi connectivity index (χ2n) is 7.56. The number of nitrogens with zero attached hydrogens (tertiary/aromatic N) is 3. The van der Waals surface area contributed by atoms with Crippen LogP contribution in [-0.4, -0.2) is 59.4 Å². The van der Waals surface area contributed by atoms with E-state index in [0.717, 1.165) is 5.56 Å². The molecular formula is C21H22IN3O4S2. The molecule has 2 atom stereocenters. The van der Waals surface area contributed by atoms with Gasteiger partial charge in [0.1, 0.15) is 0 Å². The van der Waals surface area contributed by atoms with Crippen molar-refractivity contribution in [3.8, 4) is 0 Å². The molecule has 7 nitrogen and oxygen atoms in total. The third kappa shape index (κ3) is 4.82. The van der Waals surface area contributed by atoms with Gasteiger partial charge in [-0.1, -0.05) is 48.5 Å². The molecule has 0 radical (unpaired) electrons. The number of hydrazine groups is 1. The summed E-state index contributed by atoms with van der Waals surface area (Å²) in [7, 11) is -2.09. The second-order valence-corrected chi connectivity index (χ2v) is 11.4. The van der Waals surface area contributed by atoms with E-state index in [2.05, 4.69) is 25.5 Å². The number of imide groups is 1. The smallest absolute Gasteiger partial charge is 0.244 e. The van der Waals surface area contributed by atoms with E-state index in [1.54, 1.807) is 35.3 Å². The van der Waals surface area contributed by atoms with E-state index >= 15 is 0 Å². The lowest BCUT2D eigenvalue weighted by Gasteiger charge is -2.47. The highest BCUT2D eigenvalue weighted by atomic mass is 127. The van der Waals surface area contributed by atoms with Crippen LogP contribution in [0.2, 0.25) is 0 Å². The van der Waals surface area contributed by atoms with Gasteiger partial charge in [0, 0.05) is 47.1 Å². The number of carbonyl (C=O) groups excluding carboxylic acids is 2. The van der Waals surface area contributed by atoms with E-state index < -0.39 is 15.9 Å². The third-order valence-corrected chi connectivity index (χ3v) is 9.50. The molecule has 2 amide bonds. The first kappa shape index (κ1) is 22.7. The summed E-state index contributed by atoms with van der Waals surface area (Å²) < 4.78 is 28.4. The number of amides is 2. The van der Waals surface area contributed by atoms with Crippen LogP contribution in [0.1, 0.15) is 24.4 Å². The monoisotopic (exact) mass is 571 g/mol. The van der Waals surface area contributed by atoms with Crippen LogP contribution in [-0.2, 0) is 19.4 Å². The van der Waals surface area contributed by atoms with Gasteiger partial charge in [-0.3, -0.25) is 9.59 Å². The van der Waals surface area contributed by atoms with Crippen molar-refractivity contribution in [2.24, 2.45) is 0 Å². The minimum absolute atomic E-state index is 0.0834. The Morgan fingerprint density at radius 1 is 0.903 bits per heavy atom. The van der Waals surface area contributed by atoms with E-state index in [4.69, 9.17) is 0 Å². The van der Waals surface area contributed by atoms with Gasteiger partial charge in [0.2, 0.25) is 11.8 Å². The van der Waals surface area contributed by atoms with Gasteiger partial charge in [-0.25, -0.2) is 22.7 Å². The summed E-state index contributed by atoms with van der Waals surface area (Å²) in [6, 6.07) is 17.6. The highest BCUT2D eigenvalue weighted by molar-refractivity contribution is 14.2. The lowest BCUT2D eigenvalue weighted by molar-refractivity contribution is -0.165. The number of sulfone groups is 1. The van der Waals surface area contributed by atoms with Gasteiger partial charge >= 0.3 is 0 Å². The topological polar surface area (TPSA) is 78.0 Å². The van der Waals surface area contributed by atoms with Crippen molar-refractivity contribution in [2.45, 2.75) is 29.8 Å². The summed E-state index contributed by atoms with van der Waals surface area (Å²) in [5, 5.41) is 2.88. The Balaban J connectivity index is 1.68. The molecule has 0 unspecified atom stereocenters. The molecule has 0 bridgehead atoms. The predicted octanol–water partition coefficient (Wildman–Crippen LogP) is 3.25. The lowest BCUT2D eigenvalue weighted by Crippen LogP contribution is -2.61. The number of hydrogen-bond acceptors (Lipinski definition) is 7. The van der Waals surface area contributed by atoms with Crippen LogP contribution < -0.4 is 0 Å². The first-order chi connectivity index (χ1) is 14.9. The van der Waals surface area contributed by atoms with E-state index in [9.17, 15) is 18.0 Å². The molecule has 2 aliphatic heterocycles. The molecule has 2 fully saturated rings. The number of hydrogen-bond donors (Lipinski definition) is 0. The van der Waals surface area contributed by atoms with Crippen LogP contribution in [0.25, 0.3) is 0 Å². The third-order valence-electron chi connectivity index (χ3n) is 5.59. The molecule has 0 spiro atoms. The largest absolute Gasteiger partial charge is 0.273 e. The van der Waals surface area contributed by atoms with Crippen molar-refractivity contribution >= 4 is 52.0 Å². The fourth-order valence-corrected chi connectivity index (χ4v) is 7.45. The Morgan fingerprint density at radius 2 is 1.48 bits per heavy atom. The van der Waals surface area contributed by atoms with E-state index in [-0.39, 0.29) is 41.3 Å². The first-order valence-corrected chi connectivity index (χ1v) is 14.9. The van der Waals surface area contributed by atoms with Crippen LogP contribution in [0.3, 0.4) is 0 Å². The molecule has 2 saturated heterocycles. The van der Waals surface area contributed by atoms with Crippen LogP contribution in [0.15, 0.2) is 65.6 Å². The zero-order valence-corrected chi connectivity index (χ0v) is 20.4. The molecule has 164 valence electrons. The minimum atomic E-state index is -3.60. The lowest BCUT2D eigenvalue weighted by atomic mass is 10.0. The number of halogens is 1. The van der Waals surface area contributed by atoms with Crippen molar-refractivity contribution in [2.75, 3.05) is 18.8 Å². The highest BCUT2D eigenvalue weighted by Crippen LogP contribution is 2.38. The van der Waals surface area contributed by atoms with Crippen LogP contribution in [0.4, 0.5) is 0 Å². The molecule has 2 aliphatic rings. The number of rotatable bonds is 6. The minimum Gasteiger partial charge on any atom is -0.273 e. The highest BCUT2D eigenvalue weighted by Gasteiger charge is 2.45. The quantitative estimate of drug-likeness (QED) is 0.299. The van der Waals surface area contributed by atoms with Crippen LogP contribution in [0, 0.1) is 0 Å². The summed E-state index contributed by atoms with van der Waals surface area (Å²) in [4.78, 5) is 25.3. The summed E-state index contributed by atoms with van der Waals surface area (Å²) in [5.74, 6) is -0.715. The predicted molar refractivity (Wildman–Crippen MR) is 128 cm³/mol. The summed E-state index contributed by atoms with van der Waals surface area (Å²) in [6.45, 7) is 0.753. The average molecular weight is 571 g/mol. The molecule has 0 N–H and O–H groups in total. The summed E-state index contributed by atoms with van der Waals surface area (Å²) >= 11 is 2.20. The Labute approximate surface area is 198 Å². The van der Waals surface area contributed by atoms with Gasteiger partial charge in [-0.05, 0) is 26.8 Å². The van der Waals surface area contributed by atoms with Crippen molar-refractivity contribution in [3.63, 3.8) is 0 Å². The zero-order chi connectivity index (χ0) is 22.0. The van der Waals surface area contributed by atoms with Gasteiger partial charge in [0.25, 0.3) is 0 Å². The fourth-order valence-electron chi connectivity index (χ4n) is 4.08. The van der Waals surface area contributed by atoms with Crippen LogP contribution >= 0.6 is 30.3 Å². The molecule has 4 rings (SSSR count). The molecule has 2 aromatic rings. The molecule has 2 heterocycles. The van der Waals surface area contributed by atoms with Gasteiger partial charge in [0.15, 0.2) is 9.84 Å². The molecule has 0 aliphatic carbocycles. The maximum atomic E-state index is 13.1. The Kier molecular flexibility index (Phi) is 7.01. The fraction of sp³-hybridized carbons (Fsp3) is 0.333. The normalized spacial score (nSPS) is 23.5. The molecule has 10 heteroatoms. The second kappa shape index (κ2) is 9.57. The molecule has 31 heavy (non-hydrogen) atoms. The Morgan fingerprint density at radius 3 is 2.06 bits per heavy atom. The molecule has 0 saturated carbocycles. The van der Waals surface area contributed by atoms with Crippen molar-refractivity contribution < 1.29 is 18.0 Å². The maximum absolute atomic E-state index is 13.1. The average Bonchev–Trinajstić information content (AvgIpc) is 3.12. The molecule has 0 aromatic heterocycles. The van der Waals surface area contributed by atoms with E-state index in [1.165, 1.54) is 14.1 Å². The van der Waals surface area contributed by atoms with E-state index in [0.29, 0.717) is 13.1 Å². The maximum Gasteiger partial charge on any atom is 0.244 e. The molecule has 2 aromatic carbocycles.